The van der Waals surface area contributed by atoms with Crippen molar-refractivity contribution in [2.45, 2.75) is 18.6 Å². The molecule has 0 radical (unpaired) electrons. The molecule has 0 saturated heterocycles. The maximum atomic E-state index is 15.1. The summed E-state index contributed by atoms with van der Waals surface area (Å²) in [6.07, 6.45) is -12.9. The Kier molecular flexibility index (Phi) is 7.33. The molecule has 0 aromatic heterocycles. The van der Waals surface area contributed by atoms with Crippen LogP contribution >= 0.6 is 0 Å². The van der Waals surface area contributed by atoms with Crippen molar-refractivity contribution in [3.05, 3.63) is 71.6 Å². The summed E-state index contributed by atoms with van der Waals surface area (Å²) in [5, 5.41) is 0.951. The molecule has 2 aliphatic rings. The summed E-state index contributed by atoms with van der Waals surface area (Å²) in [7, 11) is -4.66. The van der Waals surface area contributed by atoms with Crippen molar-refractivity contribution in [3.8, 4) is 22.5 Å². The molecule has 208 valence electrons. The number of benzene rings is 3. The van der Waals surface area contributed by atoms with Crippen molar-refractivity contribution in [1.82, 2.24) is 0 Å². The van der Waals surface area contributed by atoms with E-state index in [1.54, 1.807) is 30.3 Å². The minimum absolute atomic E-state index is 0.0291. The van der Waals surface area contributed by atoms with E-state index in [9.17, 15) is 39.2 Å². The molecular formula is C24H16F8N2O4S. The summed E-state index contributed by atoms with van der Waals surface area (Å²) in [5.74, 6) is -2.67. The standard InChI is InChI=1S/C24H16F8N2O4S/c1-39(35,36)38-22(24(30,31)32)34-18-10-20-14(8-16(18)26)21(12-5-3-2-4-6-12)13-7-15(25)17(9-19(13)37-20)33-11-23(27,28)29/h2-10,22,33H,11H2,1H3/b34-18-. The van der Waals surface area contributed by atoms with Gasteiger partial charge in [-0.2, -0.15) is 34.8 Å². The number of nitrogens with zero attached hydrogens (tertiary/aromatic N) is 1. The molecule has 1 aliphatic carbocycles. The van der Waals surface area contributed by atoms with Gasteiger partial charge in [0.25, 0.3) is 16.3 Å². The number of hydrogen-bond donors (Lipinski definition) is 1. The van der Waals surface area contributed by atoms with Gasteiger partial charge in [0.2, 0.25) is 0 Å². The zero-order valence-corrected chi connectivity index (χ0v) is 20.3. The first kappa shape index (κ1) is 28.3. The number of hydrogen-bond acceptors (Lipinski definition) is 6. The fourth-order valence-electron chi connectivity index (χ4n) is 3.71. The summed E-state index contributed by atoms with van der Waals surface area (Å²) in [4.78, 5) is 3.08. The maximum Gasteiger partial charge on any atom is 0.436 e. The number of halogens is 8. The molecule has 1 unspecified atom stereocenters. The summed E-state index contributed by atoms with van der Waals surface area (Å²) in [5.41, 5.74) is -0.236. The van der Waals surface area contributed by atoms with Gasteiger partial charge in [-0.3, -0.25) is 0 Å². The second-order valence-corrected chi connectivity index (χ2v) is 9.86. The fraction of sp³-hybridized carbons (Fsp3) is 0.208. The van der Waals surface area contributed by atoms with Gasteiger partial charge in [0.05, 0.1) is 11.9 Å². The normalized spacial score (nSPS) is 14.2. The predicted molar refractivity (Wildman–Crippen MR) is 124 cm³/mol. The van der Waals surface area contributed by atoms with E-state index in [1.165, 1.54) is 0 Å². The minimum atomic E-state index is -5.34. The van der Waals surface area contributed by atoms with Crippen LogP contribution in [0.2, 0.25) is 0 Å². The second kappa shape index (κ2) is 10.1. The molecule has 0 amide bonds. The molecule has 0 fully saturated rings. The minimum Gasteiger partial charge on any atom is -0.456 e. The highest BCUT2D eigenvalue weighted by Gasteiger charge is 2.43. The van der Waals surface area contributed by atoms with Crippen molar-refractivity contribution in [2.24, 2.45) is 4.99 Å². The molecule has 39 heavy (non-hydrogen) atoms. The lowest BCUT2D eigenvalue weighted by Crippen LogP contribution is -2.34. The van der Waals surface area contributed by atoms with Gasteiger partial charge >= 0.3 is 12.4 Å². The van der Waals surface area contributed by atoms with E-state index in [1.807, 2.05) is 5.32 Å². The Morgan fingerprint density at radius 1 is 0.974 bits per heavy atom. The third-order valence-electron chi connectivity index (χ3n) is 5.22. The van der Waals surface area contributed by atoms with Crippen LogP contribution < -0.4 is 10.7 Å². The van der Waals surface area contributed by atoms with Gasteiger partial charge < -0.3 is 9.73 Å². The first-order valence-corrected chi connectivity index (χ1v) is 12.6. The Labute approximate surface area is 215 Å². The van der Waals surface area contributed by atoms with E-state index in [0.717, 1.165) is 24.3 Å². The van der Waals surface area contributed by atoms with E-state index in [-0.39, 0.29) is 27.9 Å². The third-order valence-corrected chi connectivity index (χ3v) is 5.75. The number of anilines is 1. The molecule has 0 saturated carbocycles. The van der Waals surface area contributed by atoms with E-state index in [2.05, 4.69) is 9.18 Å². The van der Waals surface area contributed by atoms with Gasteiger partial charge in [0.1, 0.15) is 34.9 Å². The van der Waals surface area contributed by atoms with Crippen molar-refractivity contribution in [1.29, 1.82) is 0 Å². The van der Waals surface area contributed by atoms with Crippen LogP contribution in [0.1, 0.15) is 0 Å². The Morgan fingerprint density at radius 3 is 2.23 bits per heavy atom. The van der Waals surface area contributed by atoms with E-state index in [0.29, 0.717) is 11.8 Å². The van der Waals surface area contributed by atoms with Crippen LogP contribution in [-0.2, 0) is 14.3 Å². The van der Waals surface area contributed by atoms with Crippen LogP contribution in [0.5, 0.6) is 0 Å². The zero-order chi connectivity index (χ0) is 28.8. The second-order valence-electron chi connectivity index (χ2n) is 8.26. The lowest BCUT2D eigenvalue weighted by Gasteiger charge is -2.18. The van der Waals surface area contributed by atoms with Crippen molar-refractivity contribution >= 4 is 26.8 Å². The van der Waals surface area contributed by atoms with Gasteiger partial charge in [-0.1, -0.05) is 30.3 Å². The van der Waals surface area contributed by atoms with Crippen LogP contribution in [0.4, 0.5) is 40.8 Å². The molecule has 15 heteroatoms. The van der Waals surface area contributed by atoms with Crippen molar-refractivity contribution in [3.63, 3.8) is 0 Å². The van der Waals surface area contributed by atoms with Crippen molar-refractivity contribution in [2.75, 3.05) is 18.1 Å². The van der Waals surface area contributed by atoms with Gasteiger partial charge in [-0.05, 0) is 17.7 Å². The molecule has 4 rings (SSSR count). The third kappa shape index (κ3) is 6.65. The molecule has 1 heterocycles. The van der Waals surface area contributed by atoms with Crippen LogP contribution in [0.25, 0.3) is 33.4 Å². The van der Waals surface area contributed by atoms with Gasteiger partial charge in [0, 0.05) is 28.6 Å². The molecule has 1 atom stereocenters. The largest absolute Gasteiger partial charge is 0.456 e. The molecular weight excluding hydrogens is 564 g/mol. The van der Waals surface area contributed by atoms with E-state index >= 15 is 4.39 Å². The number of rotatable bonds is 6. The highest BCUT2D eigenvalue weighted by Crippen LogP contribution is 2.41. The number of alkyl halides is 6. The summed E-state index contributed by atoms with van der Waals surface area (Å²) in [6.45, 7) is -1.57. The van der Waals surface area contributed by atoms with Crippen molar-refractivity contribution < 1.29 is 52.1 Å². The summed E-state index contributed by atoms with van der Waals surface area (Å²) in [6, 6.07) is 11.3. The van der Waals surface area contributed by atoms with E-state index < -0.39 is 57.9 Å². The molecule has 2 aromatic carbocycles. The van der Waals surface area contributed by atoms with Gasteiger partial charge in [-0.15, -0.1) is 0 Å². The predicted octanol–water partition coefficient (Wildman–Crippen LogP) is 6.22. The van der Waals surface area contributed by atoms with Gasteiger partial charge in [0.15, 0.2) is 0 Å². The number of fused-ring (bicyclic) bond motifs is 2. The fourth-order valence-corrected chi connectivity index (χ4v) is 4.19. The molecule has 1 aliphatic heterocycles. The molecule has 6 nitrogen and oxygen atoms in total. The lowest BCUT2D eigenvalue weighted by atomic mass is 9.93. The maximum absolute atomic E-state index is 15.1. The van der Waals surface area contributed by atoms with Crippen LogP contribution in [0.15, 0.2) is 64.0 Å². The lowest BCUT2D eigenvalue weighted by molar-refractivity contribution is -0.192. The average molecular weight is 580 g/mol. The summed E-state index contributed by atoms with van der Waals surface area (Å²) < 4.78 is 140. The Balaban J connectivity index is 2.01. The smallest absolute Gasteiger partial charge is 0.436 e. The van der Waals surface area contributed by atoms with E-state index in [4.69, 9.17) is 4.42 Å². The Morgan fingerprint density at radius 2 is 1.64 bits per heavy atom. The Hall–Kier alpha value is -3.72. The van der Waals surface area contributed by atoms with Gasteiger partial charge in [-0.25, -0.2) is 18.0 Å². The molecule has 2 aromatic rings. The first-order valence-electron chi connectivity index (χ1n) is 10.8. The summed E-state index contributed by atoms with van der Waals surface area (Å²) >= 11 is 0. The molecule has 0 bridgehead atoms. The quantitative estimate of drug-likeness (QED) is 0.166. The zero-order valence-electron chi connectivity index (χ0n) is 19.5. The SMILES string of the molecule is CS(=O)(=O)OC(/N=c1/cc2oc3cc(NCC(F)(F)F)c(F)cc3c(-c3ccccc3)c-2cc1F)C(F)(F)F. The topological polar surface area (TPSA) is 80.9 Å². The molecule has 1 N–H and O–H groups in total. The van der Waals surface area contributed by atoms with Crippen LogP contribution in [0.3, 0.4) is 0 Å². The average Bonchev–Trinajstić information content (AvgIpc) is 2.80. The van der Waals surface area contributed by atoms with Crippen LogP contribution in [-0.4, -0.2) is 39.8 Å². The number of nitrogens with one attached hydrogen (secondary N) is 1. The highest BCUT2D eigenvalue weighted by molar-refractivity contribution is 7.86. The monoisotopic (exact) mass is 580 g/mol. The highest BCUT2D eigenvalue weighted by atomic mass is 32.2. The first-order chi connectivity index (χ1) is 18.0. The van der Waals surface area contributed by atoms with Crippen LogP contribution in [0, 0.1) is 11.6 Å². The Bertz CT molecular complexity index is 1670. The molecule has 0 spiro atoms.